The van der Waals surface area contributed by atoms with Crippen molar-refractivity contribution in [1.82, 2.24) is 20.1 Å². The van der Waals surface area contributed by atoms with Gasteiger partial charge in [0.15, 0.2) is 0 Å². The Bertz CT molecular complexity index is 743. The van der Waals surface area contributed by atoms with Gasteiger partial charge >= 0.3 is 0 Å². The van der Waals surface area contributed by atoms with Gasteiger partial charge in [-0.05, 0) is 42.9 Å². The molecule has 2 heterocycles. The van der Waals surface area contributed by atoms with E-state index in [4.69, 9.17) is 16.0 Å². The minimum absolute atomic E-state index is 0.505. The van der Waals surface area contributed by atoms with Crippen LogP contribution in [0.5, 0.6) is 0 Å². The monoisotopic (exact) mass is 328 g/mol. The first-order chi connectivity index (χ1) is 11.2. The Morgan fingerprint density at radius 1 is 1.04 bits per heavy atom. The second kappa shape index (κ2) is 7.35. The van der Waals surface area contributed by atoms with E-state index in [1.165, 1.54) is 0 Å². The van der Waals surface area contributed by atoms with Crippen LogP contribution in [0.1, 0.15) is 18.5 Å². The maximum atomic E-state index is 5.89. The molecule has 0 aliphatic rings. The van der Waals surface area contributed by atoms with Crippen molar-refractivity contribution in [1.29, 1.82) is 0 Å². The zero-order valence-corrected chi connectivity index (χ0v) is 13.6. The summed E-state index contributed by atoms with van der Waals surface area (Å²) in [4.78, 5) is 6.54. The topological polar surface area (TPSA) is 55.1 Å². The quantitative estimate of drug-likeness (QED) is 0.688. The van der Waals surface area contributed by atoms with Crippen LogP contribution in [0.3, 0.4) is 0 Å². The highest BCUT2D eigenvalue weighted by atomic mass is 35.5. The summed E-state index contributed by atoms with van der Waals surface area (Å²) in [5.41, 5.74) is 1.88. The number of nitrogens with zero attached hydrogens (tertiary/aromatic N) is 4. The van der Waals surface area contributed by atoms with Crippen molar-refractivity contribution in [2.75, 3.05) is 6.54 Å². The van der Waals surface area contributed by atoms with Crippen LogP contribution < -0.4 is 0 Å². The molecule has 0 radical (unpaired) electrons. The summed E-state index contributed by atoms with van der Waals surface area (Å²) in [5, 5.41) is 8.92. The zero-order chi connectivity index (χ0) is 16.1. The lowest BCUT2D eigenvalue weighted by Crippen LogP contribution is -2.23. The van der Waals surface area contributed by atoms with Crippen molar-refractivity contribution >= 4 is 11.6 Å². The molecule has 0 spiro atoms. The van der Waals surface area contributed by atoms with Crippen LogP contribution >= 0.6 is 11.6 Å². The standard InChI is InChI=1S/C17H17ClN4O/c1-2-22(11-15-5-3-4-10-19-15)12-16-20-21-17(23-16)13-6-8-14(18)9-7-13/h3-10H,2,11-12H2,1H3. The Morgan fingerprint density at radius 3 is 2.57 bits per heavy atom. The number of pyridine rings is 1. The van der Waals surface area contributed by atoms with Crippen molar-refractivity contribution in [2.45, 2.75) is 20.0 Å². The molecule has 0 saturated carbocycles. The predicted molar refractivity (Wildman–Crippen MR) is 88.8 cm³/mol. The molecule has 0 N–H and O–H groups in total. The predicted octanol–water partition coefficient (Wildman–Crippen LogP) is 3.81. The van der Waals surface area contributed by atoms with Crippen molar-refractivity contribution in [3.63, 3.8) is 0 Å². The Balaban J connectivity index is 1.68. The molecule has 0 unspecified atom stereocenters. The first-order valence-corrected chi connectivity index (χ1v) is 7.83. The molecule has 0 amide bonds. The van der Waals surface area contributed by atoms with E-state index in [0.717, 1.165) is 24.3 Å². The van der Waals surface area contributed by atoms with E-state index in [2.05, 4.69) is 27.0 Å². The first-order valence-electron chi connectivity index (χ1n) is 7.45. The molecular weight excluding hydrogens is 312 g/mol. The highest BCUT2D eigenvalue weighted by Gasteiger charge is 2.12. The van der Waals surface area contributed by atoms with Gasteiger partial charge in [0, 0.05) is 23.3 Å². The summed E-state index contributed by atoms with van der Waals surface area (Å²) in [7, 11) is 0. The van der Waals surface area contributed by atoms with E-state index >= 15 is 0 Å². The zero-order valence-electron chi connectivity index (χ0n) is 12.8. The van der Waals surface area contributed by atoms with Gasteiger partial charge in [-0.2, -0.15) is 0 Å². The first kappa shape index (κ1) is 15.6. The lowest BCUT2D eigenvalue weighted by Gasteiger charge is -2.17. The average Bonchev–Trinajstić information content (AvgIpc) is 3.04. The second-order valence-corrected chi connectivity index (χ2v) is 5.57. The molecule has 5 nitrogen and oxygen atoms in total. The maximum Gasteiger partial charge on any atom is 0.247 e. The van der Waals surface area contributed by atoms with E-state index in [0.29, 0.717) is 23.3 Å². The lowest BCUT2D eigenvalue weighted by molar-refractivity contribution is 0.241. The van der Waals surface area contributed by atoms with E-state index in [1.54, 1.807) is 18.3 Å². The van der Waals surface area contributed by atoms with Crippen LogP contribution in [0.2, 0.25) is 5.02 Å². The maximum absolute atomic E-state index is 5.89. The molecule has 23 heavy (non-hydrogen) atoms. The van der Waals surface area contributed by atoms with Gasteiger partial charge in [-0.15, -0.1) is 10.2 Å². The molecular formula is C17H17ClN4O. The lowest BCUT2D eigenvalue weighted by atomic mass is 10.2. The highest BCUT2D eigenvalue weighted by molar-refractivity contribution is 6.30. The molecule has 6 heteroatoms. The van der Waals surface area contributed by atoms with Crippen molar-refractivity contribution in [2.24, 2.45) is 0 Å². The fourth-order valence-electron chi connectivity index (χ4n) is 2.22. The third-order valence-electron chi connectivity index (χ3n) is 3.48. The highest BCUT2D eigenvalue weighted by Crippen LogP contribution is 2.20. The third-order valence-corrected chi connectivity index (χ3v) is 3.73. The minimum atomic E-state index is 0.505. The van der Waals surface area contributed by atoms with E-state index < -0.39 is 0 Å². The van der Waals surface area contributed by atoms with Gasteiger partial charge in [-0.3, -0.25) is 9.88 Å². The number of aromatic nitrogens is 3. The molecule has 3 rings (SSSR count). The van der Waals surface area contributed by atoms with Crippen molar-refractivity contribution in [3.05, 3.63) is 65.3 Å². The average molecular weight is 329 g/mol. The smallest absolute Gasteiger partial charge is 0.247 e. The van der Waals surface area contributed by atoms with Gasteiger partial charge in [-0.1, -0.05) is 24.6 Å². The Labute approximate surface area is 139 Å². The summed E-state index contributed by atoms with van der Waals surface area (Å²) in [6, 6.07) is 13.3. The largest absolute Gasteiger partial charge is 0.419 e. The van der Waals surface area contributed by atoms with E-state index in [9.17, 15) is 0 Å². The number of rotatable bonds is 6. The molecule has 0 aliphatic carbocycles. The van der Waals surface area contributed by atoms with Crippen molar-refractivity contribution in [3.8, 4) is 11.5 Å². The fourth-order valence-corrected chi connectivity index (χ4v) is 2.34. The van der Waals surface area contributed by atoms with E-state index in [1.807, 2.05) is 30.3 Å². The van der Waals surface area contributed by atoms with Crippen LogP contribution in [0.4, 0.5) is 0 Å². The molecule has 118 valence electrons. The van der Waals surface area contributed by atoms with E-state index in [-0.39, 0.29) is 0 Å². The summed E-state index contributed by atoms with van der Waals surface area (Å²) in [5.74, 6) is 1.10. The van der Waals surface area contributed by atoms with Crippen LogP contribution in [-0.4, -0.2) is 26.6 Å². The summed E-state index contributed by atoms with van der Waals surface area (Å²) >= 11 is 5.89. The summed E-state index contributed by atoms with van der Waals surface area (Å²) < 4.78 is 5.75. The van der Waals surface area contributed by atoms with Gasteiger partial charge in [0.25, 0.3) is 0 Å². The number of hydrogen-bond donors (Lipinski definition) is 0. The van der Waals surface area contributed by atoms with Crippen LogP contribution in [0.25, 0.3) is 11.5 Å². The normalized spacial score (nSPS) is 11.1. The SMILES string of the molecule is CCN(Cc1ccccn1)Cc1nnc(-c2ccc(Cl)cc2)o1. The second-order valence-electron chi connectivity index (χ2n) is 5.13. The van der Waals surface area contributed by atoms with Crippen molar-refractivity contribution < 1.29 is 4.42 Å². The number of halogens is 1. The van der Waals surface area contributed by atoms with Gasteiger partial charge in [-0.25, -0.2) is 0 Å². The van der Waals surface area contributed by atoms with Gasteiger partial charge < -0.3 is 4.42 Å². The fraction of sp³-hybridized carbons (Fsp3) is 0.235. The molecule has 1 aromatic carbocycles. The summed E-state index contributed by atoms with van der Waals surface area (Å²) in [6.45, 7) is 4.30. The van der Waals surface area contributed by atoms with Gasteiger partial charge in [0.1, 0.15) is 0 Å². The van der Waals surface area contributed by atoms with Crippen LogP contribution in [0.15, 0.2) is 53.1 Å². The molecule has 2 aromatic heterocycles. The molecule has 0 aliphatic heterocycles. The Kier molecular flexibility index (Phi) is 5.00. The molecule has 0 atom stereocenters. The van der Waals surface area contributed by atoms with Gasteiger partial charge in [0.05, 0.1) is 12.2 Å². The van der Waals surface area contributed by atoms with Gasteiger partial charge in [0.2, 0.25) is 11.8 Å². The third kappa shape index (κ3) is 4.15. The van der Waals surface area contributed by atoms with Crippen LogP contribution in [0, 0.1) is 0 Å². The van der Waals surface area contributed by atoms with Crippen LogP contribution in [-0.2, 0) is 13.1 Å². The Hall–Kier alpha value is -2.24. The molecule has 0 fully saturated rings. The molecule has 0 saturated heterocycles. The molecule has 3 aromatic rings. The Morgan fingerprint density at radius 2 is 1.87 bits per heavy atom. The number of benzene rings is 1. The number of hydrogen-bond acceptors (Lipinski definition) is 5. The summed E-state index contributed by atoms with van der Waals surface area (Å²) in [6.07, 6.45) is 1.80. The molecule has 0 bridgehead atoms. The minimum Gasteiger partial charge on any atom is -0.419 e.